The maximum atomic E-state index is 13.5. The fraction of sp³-hybridized carbons (Fsp3) is 0.0870. The quantitative estimate of drug-likeness (QED) is 0.497. The summed E-state index contributed by atoms with van der Waals surface area (Å²) in [5.41, 5.74) is 2.33. The number of carbonyl (C=O) groups excluding carboxylic acids is 1. The second-order valence-corrected chi connectivity index (χ2v) is 6.85. The molecule has 32 heavy (non-hydrogen) atoms. The van der Waals surface area contributed by atoms with Crippen LogP contribution in [0.3, 0.4) is 0 Å². The molecule has 0 saturated heterocycles. The Kier molecular flexibility index (Phi) is 5.98. The molecular formula is C23H20FN7O. The van der Waals surface area contributed by atoms with E-state index in [1.165, 1.54) is 18.3 Å². The highest BCUT2D eigenvalue weighted by Gasteiger charge is 2.20. The number of allylic oxidation sites excluding steroid dienone is 1. The molecule has 4 rings (SSSR count). The van der Waals surface area contributed by atoms with Gasteiger partial charge in [-0.05, 0) is 42.5 Å². The third kappa shape index (κ3) is 4.36. The number of hydrogen-bond donors (Lipinski definition) is 1. The van der Waals surface area contributed by atoms with Crippen LogP contribution in [0.2, 0.25) is 0 Å². The molecule has 0 atom stereocenters. The van der Waals surface area contributed by atoms with E-state index >= 15 is 0 Å². The molecule has 2 aromatic heterocycles. The molecule has 1 aliphatic heterocycles. The van der Waals surface area contributed by atoms with Crippen LogP contribution in [0.15, 0.2) is 88.5 Å². The van der Waals surface area contributed by atoms with Gasteiger partial charge in [-0.25, -0.2) is 14.1 Å². The zero-order valence-electron chi connectivity index (χ0n) is 17.5. The maximum Gasteiger partial charge on any atom is 0.262 e. The third-order valence-electron chi connectivity index (χ3n) is 4.67. The van der Waals surface area contributed by atoms with Crippen LogP contribution in [0, 0.1) is 5.82 Å². The van der Waals surface area contributed by atoms with E-state index in [1.807, 2.05) is 12.1 Å². The minimum Gasteiger partial charge on any atom is -0.335 e. The molecule has 0 spiro atoms. The van der Waals surface area contributed by atoms with Gasteiger partial charge in [-0.3, -0.25) is 14.8 Å². The van der Waals surface area contributed by atoms with Crippen LogP contribution in [0.25, 0.3) is 16.9 Å². The number of benzene rings is 1. The fourth-order valence-electron chi connectivity index (χ4n) is 3.15. The highest BCUT2D eigenvalue weighted by atomic mass is 19.1. The average Bonchev–Trinajstić information content (AvgIpc) is 3.23. The lowest BCUT2D eigenvalue weighted by atomic mass is 10.2. The number of nitrogens with zero attached hydrogens (tertiary/aromatic N) is 6. The van der Waals surface area contributed by atoms with Gasteiger partial charge in [-0.15, -0.1) is 0 Å². The predicted molar refractivity (Wildman–Crippen MR) is 122 cm³/mol. The Balaban J connectivity index is 1.76. The Morgan fingerprint density at radius 1 is 1.16 bits per heavy atom. The zero-order valence-corrected chi connectivity index (χ0v) is 17.5. The first-order chi connectivity index (χ1) is 15.6. The van der Waals surface area contributed by atoms with Gasteiger partial charge in [0.15, 0.2) is 0 Å². The van der Waals surface area contributed by atoms with Gasteiger partial charge in [-0.1, -0.05) is 0 Å². The maximum absolute atomic E-state index is 13.5. The Morgan fingerprint density at radius 2 is 1.91 bits per heavy atom. The van der Waals surface area contributed by atoms with Crippen LogP contribution in [0.1, 0.15) is 0 Å². The number of amides is 1. The molecule has 3 heterocycles. The summed E-state index contributed by atoms with van der Waals surface area (Å²) in [7, 11) is 3.38. The van der Waals surface area contributed by atoms with Crippen molar-refractivity contribution in [1.82, 2.24) is 19.7 Å². The van der Waals surface area contributed by atoms with Crippen LogP contribution in [-0.2, 0) is 4.79 Å². The van der Waals surface area contributed by atoms with Gasteiger partial charge in [0.25, 0.3) is 5.91 Å². The van der Waals surface area contributed by atoms with Crippen molar-refractivity contribution in [1.29, 1.82) is 0 Å². The average molecular weight is 429 g/mol. The number of pyridine rings is 1. The molecule has 0 radical (unpaired) electrons. The Labute approximate surface area is 184 Å². The van der Waals surface area contributed by atoms with Crippen LogP contribution in [0.5, 0.6) is 0 Å². The monoisotopic (exact) mass is 429 g/mol. The molecule has 160 valence electrons. The number of aromatic nitrogens is 3. The third-order valence-corrected chi connectivity index (χ3v) is 4.67. The lowest BCUT2D eigenvalue weighted by Crippen LogP contribution is -2.24. The van der Waals surface area contributed by atoms with Crippen molar-refractivity contribution < 1.29 is 9.18 Å². The second-order valence-electron chi connectivity index (χ2n) is 6.85. The number of carbonyl (C=O) groups is 1. The topological polar surface area (TPSA) is 87.8 Å². The van der Waals surface area contributed by atoms with Crippen molar-refractivity contribution in [2.45, 2.75) is 0 Å². The second kappa shape index (κ2) is 9.17. The van der Waals surface area contributed by atoms with E-state index in [4.69, 9.17) is 0 Å². The summed E-state index contributed by atoms with van der Waals surface area (Å²) in [5.74, 6) is 0.0968. The molecule has 1 N–H and O–H groups in total. The van der Waals surface area contributed by atoms with Crippen LogP contribution < -0.4 is 5.32 Å². The van der Waals surface area contributed by atoms with E-state index in [1.54, 1.807) is 72.8 Å². The highest BCUT2D eigenvalue weighted by molar-refractivity contribution is 6.18. The predicted octanol–water partition coefficient (Wildman–Crippen LogP) is 3.45. The lowest BCUT2D eigenvalue weighted by Gasteiger charge is -2.19. The van der Waals surface area contributed by atoms with Gasteiger partial charge in [0.05, 0.1) is 11.4 Å². The normalized spacial score (nSPS) is 14.8. The molecule has 8 nitrogen and oxygen atoms in total. The van der Waals surface area contributed by atoms with E-state index in [-0.39, 0.29) is 11.4 Å². The zero-order chi connectivity index (χ0) is 22.5. The number of halogens is 1. The van der Waals surface area contributed by atoms with Gasteiger partial charge >= 0.3 is 0 Å². The van der Waals surface area contributed by atoms with Crippen molar-refractivity contribution >= 4 is 24.2 Å². The van der Waals surface area contributed by atoms with E-state index in [0.29, 0.717) is 23.0 Å². The van der Waals surface area contributed by atoms with Crippen molar-refractivity contribution in [3.8, 4) is 16.9 Å². The Bertz CT molecular complexity index is 1240. The molecule has 0 unspecified atom stereocenters. The van der Waals surface area contributed by atoms with Gasteiger partial charge in [0.2, 0.25) is 0 Å². The standard InChI is InChI=1S/C23H20FN7O/c1-25-15-19(22-27-10-3-13-30(22)2)23(32)28-21-14-20(16-8-11-26-12-9-16)29-31(21)18-6-4-17(24)5-7-18/h3-15H,1-2H3,(H,28,32). The smallest absolute Gasteiger partial charge is 0.262 e. The summed E-state index contributed by atoms with van der Waals surface area (Å²) in [4.78, 5) is 27.3. The minimum atomic E-state index is -0.408. The molecule has 9 heteroatoms. The van der Waals surface area contributed by atoms with E-state index in [2.05, 4.69) is 25.4 Å². The molecule has 1 aliphatic rings. The van der Waals surface area contributed by atoms with E-state index < -0.39 is 5.91 Å². The summed E-state index contributed by atoms with van der Waals surface area (Å²) in [6, 6.07) is 11.2. The fourth-order valence-corrected chi connectivity index (χ4v) is 3.15. The number of anilines is 1. The molecule has 3 aromatic rings. The molecular weight excluding hydrogens is 409 g/mol. The summed E-state index contributed by atoms with van der Waals surface area (Å²) < 4.78 is 15.0. The molecule has 1 aromatic carbocycles. The Hall–Kier alpha value is -4.40. The SMILES string of the molecule is CN=CC(C(=O)Nc1cc(-c2ccncc2)nn1-c1ccc(F)cc1)=C1N=CC=CN1C. The largest absolute Gasteiger partial charge is 0.335 e. The van der Waals surface area contributed by atoms with E-state index in [9.17, 15) is 9.18 Å². The van der Waals surface area contributed by atoms with Crippen molar-refractivity contribution in [2.24, 2.45) is 9.98 Å². The van der Waals surface area contributed by atoms with Crippen LogP contribution in [0.4, 0.5) is 10.2 Å². The van der Waals surface area contributed by atoms with Gasteiger partial charge in [0.1, 0.15) is 23.0 Å². The summed E-state index contributed by atoms with van der Waals surface area (Å²) in [5, 5.41) is 7.51. The van der Waals surface area contributed by atoms with Crippen molar-refractivity contribution in [3.05, 3.63) is 84.3 Å². The molecule has 1 amide bonds. The summed E-state index contributed by atoms with van der Waals surface area (Å²) in [6.07, 6.45) is 9.96. The number of nitrogens with one attached hydrogen (secondary N) is 1. The lowest BCUT2D eigenvalue weighted by molar-refractivity contribution is -0.112. The molecule has 0 aliphatic carbocycles. The Morgan fingerprint density at radius 3 is 2.59 bits per heavy atom. The first kappa shape index (κ1) is 20.9. The van der Waals surface area contributed by atoms with Gasteiger partial charge in [0, 0.05) is 56.7 Å². The van der Waals surface area contributed by atoms with Gasteiger partial charge < -0.3 is 10.2 Å². The van der Waals surface area contributed by atoms with E-state index in [0.717, 1.165) is 5.56 Å². The van der Waals surface area contributed by atoms with Crippen LogP contribution >= 0.6 is 0 Å². The van der Waals surface area contributed by atoms with Crippen LogP contribution in [-0.4, -0.2) is 52.1 Å². The first-order valence-corrected chi connectivity index (χ1v) is 9.74. The highest BCUT2D eigenvalue weighted by Crippen LogP contribution is 2.25. The number of rotatable bonds is 5. The molecule has 0 fully saturated rings. The molecule has 0 saturated carbocycles. The van der Waals surface area contributed by atoms with Gasteiger partial charge in [-0.2, -0.15) is 5.10 Å². The number of hydrogen-bond acceptors (Lipinski definition) is 6. The minimum absolute atomic E-state index is 0.285. The summed E-state index contributed by atoms with van der Waals surface area (Å²) >= 11 is 0. The first-order valence-electron chi connectivity index (χ1n) is 9.74. The van der Waals surface area contributed by atoms with Crippen molar-refractivity contribution in [2.75, 3.05) is 19.4 Å². The van der Waals surface area contributed by atoms with Crippen molar-refractivity contribution in [3.63, 3.8) is 0 Å². The summed E-state index contributed by atoms with van der Waals surface area (Å²) in [6.45, 7) is 0. The molecule has 0 bridgehead atoms. The number of aliphatic imine (C=N–C) groups is 2.